The summed E-state index contributed by atoms with van der Waals surface area (Å²) in [5.41, 5.74) is -1.84. The van der Waals surface area contributed by atoms with E-state index in [1.807, 2.05) is 20.8 Å². The van der Waals surface area contributed by atoms with Gasteiger partial charge in [0.2, 0.25) is 5.91 Å². The number of aliphatic hydroxyl groups is 1. The van der Waals surface area contributed by atoms with Gasteiger partial charge in [-0.15, -0.1) is 0 Å². The minimum Gasteiger partial charge on any atom is -0.395 e. The van der Waals surface area contributed by atoms with Crippen LogP contribution in [-0.2, 0) is 10.2 Å². The third-order valence-electron chi connectivity index (χ3n) is 8.08. The average Bonchev–Trinajstić information content (AvgIpc) is 3.20. The number of hydrogen-bond donors (Lipinski definition) is 3. The van der Waals surface area contributed by atoms with Gasteiger partial charge in [0.05, 0.1) is 23.7 Å². The molecule has 40 heavy (non-hydrogen) atoms. The Morgan fingerprint density at radius 1 is 1.23 bits per heavy atom. The van der Waals surface area contributed by atoms with Crippen LogP contribution in [0.1, 0.15) is 57.1 Å². The molecule has 10 heteroatoms. The molecule has 2 fully saturated rings. The summed E-state index contributed by atoms with van der Waals surface area (Å²) in [6.07, 6.45) is 1.79. The van der Waals surface area contributed by atoms with Gasteiger partial charge in [-0.25, -0.2) is 8.78 Å². The lowest BCUT2D eigenvalue weighted by Crippen LogP contribution is -2.51. The van der Waals surface area contributed by atoms with Crippen molar-refractivity contribution in [2.45, 2.75) is 69.5 Å². The Balaban J connectivity index is 1.83. The molecule has 0 aliphatic carbocycles. The van der Waals surface area contributed by atoms with Gasteiger partial charge in [0, 0.05) is 48.2 Å². The first-order valence-electron chi connectivity index (χ1n) is 13.6. The van der Waals surface area contributed by atoms with Crippen molar-refractivity contribution in [1.82, 2.24) is 15.5 Å². The number of rotatable bonds is 7. The Bertz CT molecular complexity index is 1270. The molecule has 0 bridgehead atoms. The van der Waals surface area contributed by atoms with E-state index in [0.29, 0.717) is 25.8 Å². The zero-order valence-corrected chi connectivity index (χ0v) is 24.5. The van der Waals surface area contributed by atoms with Crippen LogP contribution in [-0.4, -0.2) is 60.3 Å². The Morgan fingerprint density at radius 3 is 2.52 bits per heavy atom. The van der Waals surface area contributed by atoms with Gasteiger partial charge in [-0.3, -0.25) is 4.79 Å². The third-order valence-corrected chi connectivity index (χ3v) is 8.61. The number of carbonyl (C=O) groups is 1. The summed E-state index contributed by atoms with van der Waals surface area (Å²) in [7, 11) is 0. The molecular formula is C30H36Cl2F2N4O2. The second-order valence-corrected chi connectivity index (χ2v) is 12.9. The molecule has 4 atom stereocenters. The Kier molecular flexibility index (Phi) is 9.43. The summed E-state index contributed by atoms with van der Waals surface area (Å²) in [5.74, 6) is -2.90. The molecular weight excluding hydrogens is 557 g/mol. The molecule has 2 heterocycles. The first kappa shape index (κ1) is 30.7. The molecule has 6 nitrogen and oxygen atoms in total. The van der Waals surface area contributed by atoms with Crippen LogP contribution in [0.15, 0.2) is 36.4 Å². The first-order valence-corrected chi connectivity index (χ1v) is 14.4. The summed E-state index contributed by atoms with van der Waals surface area (Å²) >= 11 is 12.3. The number of aliphatic hydroxyl groups excluding tert-OH is 1. The number of nitriles is 1. The van der Waals surface area contributed by atoms with Crippen LogP contribution >= 0.6 is 23.2 Å². The van der Waals surface area contributed by atoms with Crippen LogP contribution in [0, 0.1) is 28.4 Å². The monoisotopic (exact) mass is 592 g/mol. The van der Waals surface area contributed by atoms with E-state index in [1.54, 1.807) is 6.07 Å². The van der Waals surface area contributed by atoms with E-state index >= 15 is 8.78 Å². The summed E-state index contributed by atoms with van der Waals surface area (Å²) < 4.78 is 31.5. The van der Waals surface area contributed by atoms with Gasteiger partial charge in [0.25, 0.3) is 0 Å². The van der Waals surface area contributed by atoms with Crippen molar-refractivity contribution in [1.29, 1.82) is 5.26 Å². The number of likely N-dealkylation sites (tertiary alicyclic amines) is 1. The lowest BCUT2D eigenvalue weighted by molar-refractivity contribution is -0.124. The lowest BCUT2D eigenvalue weighted by atomic mass is 9.62. The van der Waals surface area contributed by atoms with Crippen molar-refractivity contribution in [3.63, 3.8) is 0 Å². The van der Waals surface area contributed by atoms with Crippen molar-refractivity contribution in [3.05, 3.63) is 69.2 Å². The molecule has 2 aromatic carbocycles. The van der Waals surface area contributed by atoms with Crippen LogP contribution in [0.5, 0.6) is 0 Å². The predicted octanol–water partition coefficient (Wildman–Crippen LogP) is 5.17. The zero-order valence-electron chi connectivity index (χ0n) is 23.0. The SMILES string of the molecule is CC(C)(C)CC1N[C@@H](C(=O)NC2CCN(CCO)CC2)C(c2cccc(Cl)c2F)[C@@]1(C#N)c1ccc(Cl)cc1F. The standard InChI is InChI=1S/C30H36Cl2F2N4O2/c1-29(2,3)16-24-30(17-35,21-8-7-18(31)15-23(21)33)25(20-5-4-6-22(32)26(20)34)27(37-24)28(40)36-19-9-11-38(12-10-19)13-14-39/h4-8,15,19,24-25,27,37,39H,9-14,16H2,1-3H3,(H,36,40)/t24?,25?,27-,30+/m1/s1. The largest absolute Gasteiger partial charge is 0.395 e. The summed E-state index contributed by atoms with van der Waals surface area (Å²) in [5, 5.41) is 26.6. The maximum absolute atomic E-state index is 15.7. The molecule has 0 radical (unpaired) electrons. The summed E-state index contributed by atoms with van der Waals surface area (Å²) in [6, 6.07) is 9.11. The molecule has 3 N–H and O–H groups in total. The summed E-state index contributed by atoms with van der Waals surface area (Å²) in [4.78, 5) is 16.1. The number of nitrogens with zero attached hydrogens (tertiary/aromatic N) is 2. The lowest BCUT2D eigenvalue weighted by Gasteiger charge is -2.37. The van der Waals surface area contributed by atoms with Gasteiger partial charge in [0.1, 0.15) is 17.0 Å². The predicted molar refractivity (Wildman–Crippen MR) is 152 cm³/mol. The first-order chi connectivity index (χ1) is 18.9. The van der Waals surface area contributed by atoms with Crippen molar-refractivity contribution in [2.24, 2.45) is 5.41 Å². The Morgan fingerprint density at radius 2 is 1.93 bits per heavy atom. The molecule has 2 aliphatic rings. The molecule has 2 unspecified atom stereocenters. The molecule has 2 saturated heterocycles. The normalized spacial score (nSPS) is 26.0. The van der Waals surface area contributed by atoms with E-state index in [4.69, 9.17) is 23.2 Å². The maximum atomic E-state index is 15.7. The van der Waals surface area contributed by atoms with Crippen LogP contribution < -0.4 is 10.6 Å². The highest BCUT2D eigenvalue weighted by molar-refractivity contribution is 6.31. The fourth-order valence-corrected chi connectivity index (χ4v) is 6.63. The minimum atomic E-state index is -1.65. The molecule has 0 spiro atoms. The van der Waals surface area contributed by atoms with Crippen molar-refractivity contribution in [2.75, 3.05) is 26.2 Å². The second kappa shape index (κ2) is 12.3. The fourth-order valence-electron chi connectivity index (χ4n) is 6.29. The number of carbonyl (C=O) groups excluding carboxylic acids is 1. The number of piperidine rings is 1. The van der Waals surface area contributed by atoms with Gasteiger partial charge < -0.3 is 20.6 Å². The van der Waals surface area contributed by atoms with E-state index in [-0.39, 0.29) is 45.1 Å². The zero-order chi connectivity index (χ0) is 29.2. The van der Waals surface area contributed by atoms with E-state index < -0.39 is 35.1 Å². The fraction of sp³-hybridized carbons (Fsp3) is 0.533. The van der Waals surface area contributed by atoms with Gasteiger partial charge in [-0.1, -0.05) is 62.2 Å². The van der Waals surface area contributed by atoms with Gasteiger partial charge in [-0.2, -0.15) is 5.26 Å². The number of halogens is 4. The Hall–Kier alpha value is -2.28. The smallest absolute Gasteiger partial charge is 0.238 e. The van der Waals surface area contributed by atoms with E-state index in [2.05, 4.69) is 21.6 Å². The maximum Gasteiger partial charge on any atom is 0.238 e. The molecule has 2 aromatic rings. The van der Waals surface area contributed by atoms with E-state index in [9.17, 15) is 15.2 Å². The minimum absolute atomic E-state index is 0.0538. The van der Waals surface area contributed by atoms with Gasteiger partial charge in [0.15, 0.2) is 0 Å². The van der Waals surface area contributed by atoms with Crippen molar-refractivity contribution in [3.8, 4) is 6.07 Å². The Labute approximate surface area is 244 Å². The number of amides is 1. The average molecular weight is 594 g/mol. The van der Waals surface area contributed by atoms with Crippen LogP contribution in [0.3, 0.4) is 0 Å². The molecule has 216 valence electrons. The molecule has 2 aliphatic heterocycles. The highest BCUT2D eigenvalue weighted by Gasteiger charge is 2.61. The van der Waals surface area contributed by atoms with E-state index in [1.165, 1.54) is 24.3 Å². The number of β-amino-alcohol motifs (C(OH)–C–C–N with tert-alkyl or cyclic N) is 1. The van der Waals surface area contributed by atoms with Crippen molar-refractivity contribution < 1.29 is 18.7 Å². The quantitative estimate of drug-likeness (QED) is 0.413. The third kappa shape index (κ3) is 6.14. The van der Waals surface area contributed by atoms with Gasteiger partial charge in [-0.05, 0) is 48.4 Å². The number of benzene rings is 2. The van der Waals surface area contributed by atoms with Crippen LogP contribution in [0.25, 0.3) is 0 Å². The molecule has 4 rings (SSSR count). The number of hydrogen-bond acceptors (Lipinski definition) is 5. The number of nitrogens with one attached hydrogen (secondary N) is 2. The molecule has 1 amide bonds. The highest BCUT2D eigenvalue weighted by Crippen LogP contribution is 2.52. The van der Waals surface area contributed by atoms with Gasteiger partial charge >= 0.3 is 0 Å². The molecule has 0 aromatic heterocycles. The van der Waals surface area contributed by atoms with Crippen molar-refractivity contribution >= 4 is 29.1 Å². The highest BCUT2D eigenvalue weighted by atomic mass is 35.5. The second-order valence-electron chi connectivity index (χ2n) is 12.0. The van der Waals surface area contributed by atoms with Crippen LogP contribution in [0.4, 0.5) is 8.78 Å². The topological polar surface area (TPSA) is 88.4 Å². The molecule has 0 saturated carbocycles. The summed E-state index contributed by atoms with van der Waals surface area (Å²) in [6.45, 7) is 8.09. The van der Waals surface area contributed by atoms with E-state index in [0.717, 1.165) is 19.2 Å². The van der Waals surface area contributed by atoms with Crippen LogP contribution in [0.2, 0.25) is 10.0 Å².